The third-order valence-corrected chi connectivity index (χ3v) is 6.00. The summed E-state index contributed by atoms with van der Waals surface area (Å²) in [4.78, 5) is 18.4. The molecule has 2 aromatic heterocycles. The average Bonchev–Trinajstić information content (AvgIpc) is 3.12. The van der Waals surface area contributed by atoms with Gasteiger partial charge in [0.15, 0.2) is 4.34 Å². The van der Waals surface area contributed by atoms with Crippen LogP contribution in [0.3, 0.4) is 0 Å². The van der Waals surface area contributed by atoms with Gasteiger partial charge in [-0.25, -0.2) is 4.98 Å². The molecule has 2 aromatic rings. The molecule has 0 unspecified atom stereocenters. The van der Waals surface area contributed by atoms with Crippen molar-refractivity contribution in [3.63, 3.8) is 0 Å². The maximum atomic E-state index is 12.3. The number of nitrogens with one attached hydrogen (secondary N) is 1. The van der Waals surface area contributed by atoms with Gasteiger partial charge in [-0.05, 0) is 38.2 Å². The number of rotatable bonds is 5. The Morgan fingerprint density at radius 2 is 2.27 bits per heavy atom. The maximum absolute atomic E-state index is 12.3. The molecule has 3 rings (SSSR count). The number of carbonyl (C=O) groups excluding carboxylic acids is 1. The van der Waals surface area contributed by atoms with Gasteiger partial charge in [0.2, 0.25) is 5.91 Å². The Hall–Kier alpha value is -1.34. The summed E-state index contributed by atoms with van der Waals surface area (Å²) in [6.07, 6.45) is 4.61. The monoisotopic (exact) mass is 336 g/mol. The number of aromatic nitrogens is 3. The zero-order valence-electron chi connectivity index (χ0n) is 12.9. The number of hydrogen-bond donors (Lipinski definition) is 1. The lowest BCUT2D eigenvalue weighted by atomic mass is 9.96. The van der Waals surface area contributed by atoms with Gasteiger partial charge in [-0.1, -0.05) is 11.8 Å². The van der Waals surface area contributed by atoms with Gasteiger partial charge in [0.1, 0.15) is 0 Å². The fourth-order valence-electron chi connectivity index (χ4n) is 2.63. The van der Waals surface area contributed by atoms with E-state index in [9.17, 15) is 4.79 Å². The van der Waals surface area contributed by atoms with Crippen molar-refractivity contribution in [2.75, 3.05) is 12.8 Å². The lowest BCUT2D eigenvalue weighted by molar-refractivity contribution is -0.127. The number of aromatic amines is 1. The lowest BCUT2D eigenvalue weighted by Gasteiger charge is -2.17. The molecule has 2 heterocycles. The van der Waals surface area contributed by atoms with Crippen LogP contribution in [0, 0.1) is 6.92 Å². The highest BCUT2D eigenvalue weighted by atomic mass is 32.2. The molecule has 0 aliphatic heterocycles. The molecule has 0 bridgehead atoms. The molecule has 1 N–H and O–H groups in total. The highest BCUT2D eigenvalue weighted by molar-refractivity contribution is 8.01. The van der Waals surface area contributed by atoms with Crippen LogP contribution in [0.1, 0.15) is 35.5 Å². The first-order valence-electron chi connectivity index (χ1n) is 7.47. The molecule has 0 fully saturated rings. The Morgan fingerprint density at radius 1 is 1.45 bits per heavy atom. The molecular weight excluding hydrogens is 316 g/mol. The summed E-state index contributed by atoms with van der Waals surface area (Å²) in [6.45, 7) is 2.55. The van der Waals surface area contributed by atoms with Crippen LogP contribution in [0.2, 0.25) is 0 Å². The molecule has 5 nitrogen and oxygen atoms in total. The summed E-state index contributed by atoms with van der Waals surface area (Å²) in [5.41, 5.74) is 4.63. The van der Waals surface area contributed by atoms with Crippen molar-refractivity contribution in [3.8, 4) is 0 Å². The van der Waals surface area contributed by atoms with E-state index in [4.69, 9.17) is 0 Å². The summed E-state index contributed by atoms with van der Waals surface area (Å²) >= 11 is 3.10. The summed E-state index contributed by atoms with van der Waals surface area (Å²) < 4.78 is 0.955. The van der Waals surface area contributed by atoms with Gasteiger partial charge in [0.05, 0.1) is 18.0 Å². The summed E-state index contributed by atoms with van der Waals surface area (Å²) in [5.74, 6) is 0.543. The minimum Gasteiger partial charge on any atom is -0.339 e. The number of amides is 1. The van der Waals surface area contributed by atoms with Crippen LogP contribution in [-0.2, 0) is 24.2 Å². The third-order valence-electron chi connectivity index (χ3n) is 3.87. The molecule has 0 radical (unpaired) electrons. The second-order valence-corrected chi connectivity index (χ2v) is 7.71. The number of fused-ring (bicyclic) bond motifs is 1. The average molecular weight is 336 g/mol. The minimum atomic E-state index is 0.116. The van der Waals surface area contributed by atoms with Crippen molar-refractivity contribution < 1.29 is 4.79 Å². The smallest absolute Gasteiger partial charge is 0.233 e. The van der Waals surface area contributed by atoms with E-state index in [1.54, 1.807) is 16.2 Å². The largest absolute Gasteiger partial charge is 0.339 e. The molecule has 1 aliphatic carbocycles. The molecule has 118 valence electrons. The van der Waals surface area contributed by atoms with Crippen molar-refractivity contribution in [2.45, 2.75) is 43.5 Å². The first kappa shape index (κ1) is 15.6. The van der Waals surface area contributed by atoms with E-state index in [1.807, 2.05) is 19.4 Å². The Balaban J connectivity index is 1.56. The lowest BCUT2D eigenvalue weighted by Crippen LogP contribution is -2.28. The highest BCUT2D eigenvalue weighted by Gasteiger charge is 2.19. The molecule has 0 spiro atoms. The number of nitrogens with zero attached hydrogens (tertiary/aromatic N) is 3. The van der Waals surface area contributed by atoms with Crippen LogP contribution in [0.5, 0.6) is 0 Å². The Labute approximate surface area is 138 Å². The zero-order valence-corrected chi connectivity index (χ0v) is 14.5. The van der Waals surface area contributed by atoms with Crippen LogP contribution in [-0.4, -0.2) is 38.8 Å². The minimum absolute atomic E-state index is 0.116. The number of H-pyrrole nitrogens is 1. The molecule has 0 saturated heterocycles. The second-order valence-electron chi connectivity index (χ2n) is 5.63. The van der Waals surface area contributed by atoms with Gasteiger partial charge in [-0.3, -0.25) is 9.89 Å². The van der Waals surface area contributed by atoms with Gasteiger partial charge < -0.3 is 4.90 Å². The molecule has 0 saturated carbocycles. The van der Waals surface area contributed by atoms with Gasteiger partial charge in [-0.2, -0.15) is 5.10 Å². The number of hydrogen-bond acceptors (Lipinski definition) is 5. The first-order valence-corrected chi connectivity index (χ1v) is 9.34. The van der Waals surface area contributed by atoms with Crippen molar-refractivity contribution in [3.05, 3.63) is 28.0 Å². The van der Waals surface area contributed by atoms with E-state index >= 15 is 0 Å². The summed E-state index contributed by atoms with van der Waals surface area (Å²) in [7, 11) is 1.85. The molecule has 7 heteroatoms. The van der Waals surface area contributed by atoms with Crippen molar-refractivity contribution in [2.24, 2.45) is 0 Å². The van der Waals surface area contributed by atoms with Crippen molar-refractivity contribution >= 4 is 29.0 Å². The molecule has 0 atom stereocenters. The number of carbonyl (C=O) groups is 1. The third kappa shape index (κ3) is 3.52. The van der Waals surface area contributed by atoms with Crippen molar-refractivity contribution in [1.29, 1.82) is 0 Å². The Kier molecular flexibility index (Phi) is 4.83. The van der Waals surface area contributed by atoms with Crippen LogP contribution >= 0.6 is 23.1 Å². The SMILES string of the molecule is Cc1csc(SCC(=O)N(C)Cc2n[nH]c3c2CCCC3)n1. The normalized spacial score (nSPS) is 13.9. The van der Waals surface area contributed by atoms with E-state index < -0.39 is 0 Å². The Morgan fingerprint density at radius 3 is 3.05 bits per heavy atom. The molecule has 1 amide bonds. The topological polar surface area (TPSA) is 61.9 Å². The predicted octanol–water partition coefficient (Wildman–Crippen LogP) is 2.80. The molecular formula is C15H20N4OS2. The second kappa shape index (κ2) is 6.83. The number of aryl methyl sites for hydroxylation is 2. The quantitative estimate of drug-likeness (QED) is 0.853. The Bertz CT molecular complexity index is 664. The zero-order chi connectivity index (χ0) is 15.5. The van der Waals surface area contributed by atoms with Gasteiger partial charge in [-0.15, -0.1) is 11.3 Å². The van der Waals surface area contributed by atoms with Crippen LogP contribution in [0.4, 0.5) is 0 Å². The number of thiazole rings is 1. The van der Waals surface area contributed by atoms with Gasteiger partial charge >= 0.3 is 0 Å². The van der Waals surface area contributed by atoms with Crippen LogP contribution in [0.15, 0.2) is 9.72 Å². The fraction of sp³-hybridized carbons (Fsp3) is 0.533. The van der Waals surface area contributed by atoms with E-state index in [2.05, 4.69) is 15.2 Å². The highest BCUT2D eigenvalue weighted by Crippen LogP contribution is 2.24. The van der Waals surface area contributed by atoms with Gasteiger partial charge in [0.25, 0.3) is 0 Å². The predicted molar refractivity (Wildman–Crippen MR) is 89.3 cm³/mol. The van der Waals surface area contributed by atoms with Gasteiger partial charge in [0, 0.05) is 23.8 Å². The van der Waals surface area contributed by atoms with E-state index in [1.165, 1.54) is 35.9 Å². The molecule has 22 heavy (non-hydrogen) atoms. The van der Waals surface area contributed by atoms with Crippen LogP contribution < -0.4 is 0 Å². The van der Waals surface area contributed by atoms with E-state index in [0.29, 0.717) is 12.3 Å². The molecule has 1 aliphatic rings. The first-order chi connectivity index (χ1) is 10.6. The van der Waals surface area contributed by atoms with E-state index in [-0.39, 0.29) is 5.91 Å². The summed E-state index contributed by atoms with van der Waals surface area (Å²) in [5, 5.41) is 9.54. The van der Waals surface area contributed by atoms with Crippen molar-refractivity contribution in [1.82, 2.24) is 20.1 Å². The standard InChI is InChI=1S/C15H20N4OS2/c1-10-8-21-15(16-10)22-9-14(20)19(2)7-13-11-5-3-4-6-12(11)17-18-13/h8H,3-7,9H2,1-2H3,(H,17,18). The maximum Gasteiger partial charge on any atom is 0.233 e. The fourth-order valence-corrected chi connectivity index (χ4v) is 4.42. The molecule has 0 aromatic carbocycles. The summed E-state index contributed by atoms with van der Waals surface area (Å²) in [6, 6.07) is 0. The van der Waals surface area contributed by atoms with E-state index in [0.717, 1.165) is 28.6 Å². The number of thioether (sulfide) groups is 1. The van der Waals surface area contributed by atoms with Crippen LogP contribution in [0.25, 0.3) is 0 Å².